The number of nitrogens with one attached hydrogen (secondary N) is 2. The normalized spacial score (nSPS) is 16.9. The van der Waals surface area contributed by atoms with Crippen molar-refractivity contribution in [3.63, 3.8) is 0 Å². The van der Waals surface area contributed by atoms with Gasteiger partial charge in [-0.1, -0.05) is 31.2 Å². The highest BCUT2D eigenvalue weighted by molar-refractivity contribution is 6.10. The van der Waals surface area contributed by atoms with Crippen LogP contribution in [-0.4, -0.2) is 42.3 Å². The van der Waals surface area contributed by atoms with Gasteiger partial charge in [0.15, 0.2) is 0 Å². The second-order valence-electron chi connectivity index (χ2n) is 8.75. The number of benzene rings is 2. The number of nitrogens with zero attached hydrogens (tertiary/aromatic N) is 2. The maximum atomic E-state index is 12.7. The Hall–Kier alpha value is -3.19. The van der Waals surface area contributed by atoms with E-state index in [-0.39, 0.29) is 37.1 Å². The van der Waals surface area contributed by atoms with Crippen LogP contribution in [0.3, 0.4) is 0 Å². The summed E-state index contributed by atoms with van der Waals surface area (Å²) in [6.45, 7) is 5.48. The Morgan fingerprint density at radius 2 is 1.75 bits per heavy atom. The summed E-state index contributed by atoms with van der Waals surface area (Å²) in [5.74, 6) is 0.123. The van der Waals surface area contributed by atoms with Gasteiger partial charge in [0.1, 0.15) is 6.54 Å². The predicted molar refractivity (Wildman–Crippen MR) is 125 cm³/mol. The molecule has 0 aliphatic carbocycles. The molecule has 32 heavy (non-hydrogen) atoms. The van der Waals surface area contributed by atoms with Gasteiger partial charge in [0.25, 0.3) is 0 Å². The third-order valence-electron chi connectivity index (χ3n) is 6.16. The largest absolute Gasteiger partial charge is 0.326 e. The summed E-state index contributed by atoms with van der Waals surface area (Å²) in [6, 6.07) is 15.1. The Morgan fingerprint density at radius 3 is 2.50 bits per heavy atom. The summed E-state index contributed by atoms with van der Waals surface area (Å²) in [5.41, 5.74) is 3.23. The van der Waals surface area contributed by atoms with Gasteiger partial charge in [-0.15, -0.1) is 0 Å². The number of piperidine rings is 1. The first-order valence-corrected chi connectivity index (χ1v) is 11.3. The summed E-state index contributed by atoms with van der Waals surface area (Å²) in [6.07, 6.45) is 2.60. The van der Waals surface area contributed by atoms with Gasteiger partial charge in [-0.3, -0.25) is 19.3 Å². The molecule has 1 saturated heterocycles. The van der Waals surface area contributed by atoms with Gasteiger partial charge < -0.3 is 15.5 Å². The van der Waals surface area contributed by atoms with Gasteiger partial charge >= 0.3 is 0 Å². The van der Waals surface area contributed by atoms with E-state index in [2.05, 4.69) is 22.5 Å². The van der Waals surface area contributed by atoms with Crippen molar-refractivity contribution in [1.82, 2.24) is 4.90 Å². The number of anilines is 3. The quantitative estimate of drug-likeness (QED) is 0.728. The zero-order valence-corrected chi connectivity index (χ0v) is 18.5. The monoisotopic (exact) mass is 434 g/mol. The maximum absolute atomic E-state index is 12.7. The summed E-state index contributed by atoms with van der Waals surface area (Å²) >= 11 is 0. The third kappa shape index (κ3) is 5.53. The van der Waals surface area contributed by atoms with Crippen LogP contribution in [0.2, 0.25) is 0 Å². The van der Waals surface area contributed by atoms with Crippen molar-refractivity contribution in [2.45, 2.75) is 39.2 Å². The summed E-state index contributed by atoms with van der Waals surface area (Å²) < 4.78 is 0. The Morgan fingerprint density at radius 1 is 1.03 bits per heavy atom. The molecule has 3 amide bonds. The minimum Gasteiger partial charge on any atom is -0.326 e. The average Bonchev–Trinajstić information content (AvgIpc) is 2.79. The van der Waals surface area contributed by atoms with E-state index in [4.69, 9.17) is 0 Å². The predicted octanol–water partition coefficient (Wildman–Crippen LogP) is 3.62. The number of amides is 3. The molecule has 7 nitrogen and oxygen atoms in total. The van der Waals surface area contributed by atoms with Crippen LogP contribution >= 0.6 is 0 Å². The van der Waals surface area contributed by atoms with Crippen molar-refractivity contribution in [2.24, 2.45) is 5.92 Å². The van der Waals surface area contributed by atoms with Crippen LogP contribution in [0.25, 0.3) is 0 Å². The highest BCUT2D eigenvalue weighted by Crippen LogP contribution is 2.29. The molecular weight excluding hydrogens is 404 g/mol. The molecule has 0 radical (unpaired) electrons. The van der Waals surface area contributed by atoms with Crippen molar-refractivity contribution < 1.29 is 14.4 Å². The lowest BCUT2D eigenvalue weighted by molar-refractivity contribution is -0.124. The van der Waals surface area contributed by atoms with Crippen molar-refractivity contribution in [1.29, 1.82) is 0 Å². The van der Waals surface area contributed by atoms with Crippen molar-refractivity contribution >= 4 is 34.8 Å². The van der Waals surface area contributed by atoms with E-state index in [9.17, 15) is 14.4 Å². The average molecular weight is 435 g/mol. The number of carbonyl (C=O) groups is 3. The molecule has 0 unspecified atom stereocenters. The second kappa shape index (κ2) is 9.96. The van der Waals surface area contributed by atoms with Gasteiger partial charge in [0, 0.05) is 25.1 Å². The topological polar surface area (TPSA) is 81.8 Å². The SMILES string of the molecule is CC1CCN(Cc2ccc(NC(=O)CCC(=O)N3CC(=O)Nc4ccccc43)cc2)CC1. The molecular formula is C25H30N4O3. The minimum atomic E-state index is -0.242. The van der Waals surface area contributed by atoms with Crippen molar-refractivity contribution in [3.8, 4) is 0 Å². The molecule has 2 aromatic rings. The van der Waals surface area contributed by atoms with Crippen LogP contribution in [0, 0.1) is 5.92 Å². The molecule has 1 fully saturated rings. The number of carbonyl (C=O) groups excluding carboxylic acids is 3. The van der Waals surface area contributed by atoms with Crippen LogP contribution in [0.15, 0.2) is 48.5 Å². The summed E-state index contributed by atoms with van der Waals surface area (Å²) in [4.78, 5) is 40.9. The lowest BCUT2D eigenvalue weighted by Crippen LogP contribution is -2.42. The Labute approximate surface area is 188 Å². The molecule has 0 saturated carbocycles. The van der Waals surface area contributed by atoms with Gasteiger partial charge in [0.05, 0.1) is 11.4 Å². The standard InChI is InChI=1S/C25H30N4O3/c1-18-12-14-28(15-13-18)16-19-6-8-20(9-7-19)26-23(30)10-11-25(32)29-17-24(31)27-21-4-2-3-5-22(21)29/h2-9,18H,10-17H2,1H3,(H,26,30)(H,27,31). The van der Waals surface area contributed by atoms with Gasteiger partial charge in [0.2, 0.25) is 17.7 Å². The van der Waals surface area contributed by atoms with E-state index in [1.54, 1.807) is 18.2 Å². The fraction of sp³-hybridized carbons (Fsp3) is 0.400. The molecule has 168 valence electrons. The minimum absolute atomic E-state index is 0.0329. The smallest absolute Gasteiger partial charge is 0.244 e. The molecule has 0 atom stereocenters. The second-order valence-corrected chi connectivity index (χ2v) is 8.75. The van der Waals surface area contributed by atoms with E-state index in [1.165, 1.54) is 23.3 Å². The fourth-order valence-corrected chi connectivity index (χ4v) is 4.21. The Kier molecular flexibility index (Phi) is 6.85. The zero-order valence-electron chi connectivity index (χ0n) is 18.5. The lowest BCUT2D eigenvalue weighted by atomic mass is 9.99. The first-order chi connectivity index (χ1) is 15.5. The first-order valence-electron chi connectivity index (χ1n) is 11.3. The van der Waals surface area contributed by atoms with E-state index in [0.717, 1.165) is 31.2 Å². The molecule has 2 aliphatic heterocycles. The number of fused-ring (bicyclic) bond motifs is 1. The molecule has 0 bridgehead atoms. The van der Waals surface area contributed by atoms with Crippen molar-refractivity contribution in [3.05, 3.63) is 54.1 Å². The zero-order chi connectivity index (χ0) is 22.5. The van der Waals surface area contributed by atoms with Crippen molar-refractivity contribution in [2.75, 3.05) is 35.2 Å². The fourth-order valence-electron chi connectivity index (χ4n) is 4.21. The molecule has 2 aromatic carbocycles. The van der Waals surface area contributed by atoms with E-state index >= 15 is 0 Å². The van der Waals surface area contributed by atoms with Crippen LogP contribution in [0.1, 0.15) is 38.2 Å². The van der Waals surface area contributed by atoms with E-state index < -0.39 is 0 Å². The number of likely N-dealkylation sites (tertiary alicyclic amines) is 1. The van der Waals surface area contributed by atoms with E-state index in [1.807, 2.05) is 30.3 Å². The van der Waals surface area contributed by atoms with Crippen LogP contribution < -0.4 is 15.5 Å². The van der Waals surface area contributed by atoms with Gasteiger partial charge in [-0.05, 0) is 61.7 Å². The number of rotatable bonds is 6. The highest BCUT2D eigenvalue weighted by atomic mass is 16.2. The number of para-hydroxylation sites is 2. The van der Waals surface area contributed by atoms with Crippen LogP contribution in [-0.2, 0) is 20.9 Å². The maximum Gasteiger partial charge on any atom is 0.244 e. The lowest BCUT2D eigenvalue weighted by Gasteiger charge is -2.30. The molecule has 4 rings (SSSR count). The molecule has 2 aliphatic rings. The third-order valence-corrected chi connectivity index (χ3v) is 6.16. The molecule has 2 N–H and O–H groups in total. The molecule has 0 aromatic heterocycles. The van der Waals surface area contributed by atoms with Gasteiger partial charge in [-0.2, -0.15) is 0 Å². The van der Waals surface area contributed by atoms with Crippen LogP contribution in [0.5, 0.6) is 0 Å². The Balaban J connectivity index is 1.26. The first kappa shape index (κ1) is 22.0. The van der Waals surface area contributed by atoms with Crippen LogP contribution in [0.4, 0.5) is 17.1 Å². The van der Waals surface area contributed by atoms with E-state index in [0.29, 0.717) is 11.4 Å². The molecule has 0 spiro atoms. The number of hydrogen-bond acceptors (Lipinski definition) is 4. The highest BCUT2D eigenvalue weighted by Gasteiger charge is 2.26. The summed E-state index contributed by atoms with van der Waals surface area (Å²) in [7, 11) is 0. The molecule has 7 heteroatoms. The summed E-state index contributed by atoms with van der Waals surface area (Å²) in [5, 5.41) is 5.62. The van der Waals surface area contributed by atoms with Gasteiger partial charge in [-0.25, -0.2) is 0 Å². The Bertz CT molecular complexity index is 981. The molecule has 2 heterocycles. The number of hydrogen-bond donors (Lipinski definition) is 2.